The van der Waals surface area contributed by atoms with Gasteiger partial charge in [0.1, 0.15) is 11.2 Å². The topological polar surface area (TPSA) is 67.2 Å². The van der Waals surface area contributed by atoms with E-state index in [4.69, 9.17) is 10.00 Å². The number of ether oxygens (including phenoxy) is 1. The van der Waals surface area contributed by atoms with Crippen LogP contribution in [0.5, 0.6) is 0 Å². The lowest BCUT2D eigenvalue weighted by Gasteiger charge is -2.32. The van der Waals surface area contributed by atoms with Crippen LogP contribution in [0.3, 0.4) is 0 Å². The lowest BCUT2D eigenvalue weighted by Crippen LogP contribution is -2.42. The maximum absolute atomic E-state index is 11.9. The van der Waals surface area contributed by atoms with Crippen LogP contribution in [0.1, 0.15) is 45.4 Å². The van der Waals surface area contributed by atoms with E-state index in [1.54, 1.807) is 6.92 Å². The molecule has 4 nitrogen and oxygen atoms in total. The second-order valence-corrected chi connectivity index (χ2v) is 4.09. The minimum absolute atomic E-state index is 0.0487. The molecule has 0 aromatic carbocycles. The maximum atomic E-state index is 11.9. The van der Waals surface area contributed by atoms with Gasteiger partial charge in [-0.15, -0.1) is 0 Å². The summed E-state index contributed by atoms with van der Waals surface area (Å²) in [5.74, 6) is -0.484. The number of hydrogen-bond donors (Lipinski definition) is 0. The summed E-state index contributed by atoms with van der Waals surface area (Å²) in [5, 5.41) is 8.60. The Hall–Kier alpha value is -1.37. The van der Waals surface area contributed by atoms with Crippen molar-refractivity contribution in [3.05, 3.63) is 0 Å². The van der Waals surface area contributed by atoms with E-state index in [9.17, 15) is 9.59 Å². The number of nitrogens with zero attached hydrogens (tertiary/aromatic N) is 1. The van der Waals surface area contributed by atoms with E-state index in [-0.39, 0.29) is 18.8 Å². The van der Waals surface area contributed by atoms with Gasteiger partial charge in [0.2, 0.25) is 0 Å². The molecule has 1 fully saturated rings. The highest BCUT2D eigenvalue weighted by molar-refractivity contribution is 6.04. The highest BCUT2D eigenvalue weighted by Crippen LogP contribution is 2.38. The van der Waals surface area contributed by atoms with Crippen LogP contribution in [0.2, 0.25) is 0 Å². The average molecular weight is 223 g/mol. The number of esters is 1. The molecule has 0 saturated heterocycles. The van der Waals surface area contributed by atoms with Gasteiger partial charge in [-0.05, 0) is 26.2 Å². The maximum Gasteiger partial charge on any atom is 0.319 e. The Labute approximate surface area is 95.6 Å². The third-order valence-electron chi connectivity index (χ3n) is 3.12. The van der Waals surface area contributed by atoms with Gasteiger partial charge in [0.25, 0.3) is 0 Å². The Bertz CT molecular complexity index is 319. The Morgan fingerprint density at radius 2 is 2.31 bits per heavy atom. The molecule has 0 unspecified atom stereocenters. The molecule has 1 aliphatic rings. The van der Waals surface area contributed by atoms with E-state index < -0.39 is 11.4 Å². The zero-order chi connectivity index (χ0) is 12.0. The first-order chi connectivity index (χ1) is 7.67. The fourth-order valence-corrected chi connectivity index (χ4v) is 2.21. The first-order valence-corrected chi connectivity index (χ1v) is 5.75. The van der Waals surface area contributed by atoms with Gasteiger partial charge in [-0.3, -0.25) is 9.59 Å². The molecule has 0 radical (unpaired) electrons. The molecule has 1 atom stereocenters. The standard InChI is InChI=1S/C12H17NO3/c1-2-16-11(15)12(8-5-9-13)7-4-3-6-10(12)14/h2-8H2,1H3/t12-/m0/s1. The lowest BCUT2D eigenvalue weighted by atomic mass is 9.70. The second-order valence-electron chi connectivity index (χ2n) is 4.09. The van der Waals surface area contributed by atoms with Crippen LogP contribution in [0.4, 0.5) is 0 Å². The largest absolute Gasteiger partial charge is 0.465 e. The third-order valence-corrected chi connectivity index (χ3v) is 3.12. The summed E-state index contributed by atoms with van der Waals surface area (Å²) >= 11 is 0. The quantitative estimate of drug-likeness (QED) is 0.540. The van der Waals surface area contributed by atoms with Crippen molar-refractivity contribution in [1.29, 1.82) is 5.26 Å². The molecule has 4 heteroatoms. The summed E-state index contributed by atoms with van der Waals surface area (Å²) in [6.07, 6.45) is 3.20. The number of carbonyl (C=O) groups excluding carboxylic acids is 2. The van der Waals surface area contributed by atoms with Crippen LogP contribution in [0.25, 0.3) is 0 Å². The van der Waals surface area contributed by atoms with Crippen molar-refractivity contribution in [1.82, 2.24) is 0 Å². The van der Waals surface area contributed by atoms with Gasteiger partial charge >= 0.3 is 5.97 Å². The first kappa shape index (κ1) is 12.7. The van der Waals surface area contributed by atoms with E-state index in [0.717, 1.165) is 12.8 Å². The summed E-state index contributed by atoms with van der Waals surface area (Å²) < 4.78 is 4.98. The van der Waals surface area contributed by atoms with Gasteiger partial charge in [-0.25, -0.2) is 0 Å². The van der Waals surface area contributed by atoms with Crippen molar-refractivity contribution in [3.63, 3.8) is 0 Å². The Morgan fingerprint density at radius 3 is 2.88 bits per heavy atom. The van der Waals surface area contributed by atoms with Crippen molar-refractivity contribution < 1.29 is 14.3 Å². The first-order valence-electron chi connectivity index (χ1n) is 5.75. The van der Waals surface area contributed by atoms with Crippen LogP contribution in [0, 0.1) is 16.7 Å². The Balaban J connectivity index is 2.86. The Kier molecular flexibility index (Phi) is 4.48. The van der Waals surface area contributed by atoms with Crippen molar-refractivity contribution in [2.45, 2.75) is 45.4 Å². The van der Waals surface area contributed by atoms with Gasteiger partial charge in [-0.1, -0.05) is 6.42 Å². The van der Waals surface area contributed by atoms with Gasteiger partial charge in [0.15, 0.2) is 0 Å². The van der Waals surface area contributed by atoms with Gasteiger partial charge in [-0.2, -0.15) is 5.26 Å². The monoisotopic (exact) mass is 223 g/mol. The molecule has 0 aromatic heterocycles. The molecule has 16 heavy (non-hydrogen) atoms. The van der Waals surface area contributed by atoms with E-state index in [2.05, 4.69) is 0 Å². The molecule has 0 bridgehead atoms. The molecule has 0 heterocycles. The molecule has 0 N–H and O–H groups in total. The summed E-state index contributed by atoms with van der Waals surface area (Å²) in [7, 11) is 0. The van der Waals surface area contributed by atoms with Crippen LogP contribution in [-0.2, 0) is 14.3 Å². The summed E-state index contributed by atoms with van der Waals surface area (Å²) in [6, 6.07) is 2.00. The minimum Gasteiger partial charge on any atom is -0.465 e. The van der Waals surface area contributed by atoms with Crippen molar-refractivity contribution in [2.24, 2.45) is 5.41 Å². The van der Waals surface area contributed by atoms with Crippen LogP contribution < -0.4 is 0 Å². The predicted octanol–water partition coefficient (Wildman–Crippen LogP) is 1.98. The van der Waals surface area contributed by atoms with Crippen LogP contribution in [-0.4, -0.2) is 18.4 Å². The second kappa shape index (κ2) is 5.64. The average Bonchev–Trinajstić information content (AvgIpc) is 2.28. The number of ketones is 1. The summed E-state index contributed by atoms with van der Waals surface area (Å²) in [4.78, 5) is 23.8. The molecule has 88 valence electrons. The normalized spacial score (nSPS) is 24.9. The van der Waals surface area contributed by atoms with E-state index in [1.807, 2.05) is 6.07 Å². The molecule has 1 saturated carbocycles. The van der Waals surface area contributed by atoms with Crippen LogP contribution >= 0.6 is 0 Å². The smallest absolute Gasteiger partial charge is 0.319 e. The van der Waals surface area contributed by atoms with Crippen molar-refractivity contribution >= 4 is 11.8 Å². The van der Waals surface area contributed by atoms with Crippen LogP contribution in [0.15, 0.2) is 0 Å². The number of rotatable bonds is 4. The fraction of sp³-hybridized carbons (Fsp3) is 0.750. The van der Waals surface area contributed by atoms with Gasteiger partial charge < -0.3 is 4.74 Å². The van der Waals surface area contributed by atoms with E-state index in [0.29, 0.717) is 19.3 Å². The molecule has 0 spiro atoms. The third kappa shape index (κ3) is 2.41. The number of hydrogen-bond acceptors (Lipinski definition) is 4. The van der Waals surface area contributed by atoms with Gasteiger partial charge in [0, 0.05) is 12.8 Å². The number of Topliss-reactive ketones (excluding diaryl/α,β-unsaturated/α-hetero) is 1. The zero-order valence-corrected chi connectivity index (χ0v) is 9.62. The number of carbonyl (C=O) groups is 2. The van der Waals surface area contributed by atoms with E-state index in [1.165, 1.54) is 0 Å². The molecule has 0 aromatic rings. The summed E-state index contributed by atoms with van der Waals surface area (Å²) in [6.45, 7) is 2.00. The highest BCUT2D eigenvalue weighted by Gasteiger charge is 2.47. The Morgan fingerprint density at radius 1 is 1.56 bits per heavy atom. The molecule has 1 rings (SSSR count). The molecule has 0 aliphatic heterocycles. The van der Waals surface area contributed by atoms with Crippen molar-refractivity contribution in [2.75, 3.05) is 6.61 Å². The fourth-order valence-electron chi connectivity index (χ4n) is 2.21. The molecular formula is C12H17NO3. The zero-order valence-electron chi connectivity index (χ0n) is 9.62. The molecule has 0 amide bonds. The highest BCUT2D eigenvalue weighted by atomic mass is 16.5. The molecule has 1 aliphatic carbocycles. The van der Waals surface area contributed by atoms with Crippen molar-refractivity contribution in [3.8, 4) is 6.07 Å². The lowest BCUT2D eigenvalue weighted by molar-refractivity contribution is -0.162. The summed E-state index contributed by atoms with van der Waals surface area (Å²) in [5.41, 5.74) is -1.02. The number of nitriles is 1. The molecular weight excluding hydrogens is 206 g/mol. The SMILES string of the molecule is CCOC(=O)[C@]1(CCC#N)CCCCC1=O. The van der Waals surface area contributed by atoms with E-state index >= 15 is 0 Å². The van der Waals surface area contributed by atoms with Gasteiger partial charge in [0.05, 0.1) is 12.7 Å². The minimum atomic E-state index is -1.02. The predicted molar refractivity (Wildman–Crippen MR) is 57.4 cm³/mol.